The maximum absolute atomic E-state index is 13.4. The number of hydrogen-bond acceptors (Lipinski definition) is 4. The number of nitrogens with one attached hydrogen (secondary N) is 1. The van der Waals surface area contributed by atoms with Gasteiger partial charge in [0.2, 0.25) is 10.0 Å². The minimum atomic E-state index is -4.72. The van der Waals surface area contributed by atoms with E-state index in [2.05, 4.69) is 5.32 Å². The molecule has 1 fully saturated rings. The average Bonchev–Trinajstić information content (AvgIpc) is 3.00. The molecular weight excluding hydrogens is 359 g/mol. The number of benzene rings is 1. The van der Waals surface area contributed by atoms with Crippen molar-refractivity contribution in [1.29, 1.82) is 0 Å². The van der Waals surface area contributed by atoms with Crippen LogP contribution in [0.25, 0.3) is 0 Å². The predicted molar refractivity (Wildman–Crippen MR) is 87.8 cm³/mol. The summed E-state index contributed by atoms with van der Waals surface area (Å²) in [5, 5.41) is 1.09. The van der Waals surface area contributed by atoms with Crippen molar-refractivity contribution in [1.82, 2.24) is 9.21 Å². The summed E-state index contributed by atoms with van der Waals surface area (Å²) in [5.41, 5.74) is 0.670. The zero-order valence-corrected chi connectivity index (χ0v) is 14.9. The summed E-state index contributed by atoms with van der Waals surface area (Å²) < 4.78 is 65.4. The van der Waals surface area contributed by atoms with Crippen molar-refractivity contribution in [3.05, 3.63) is 29.8 Å². The number of alkyl halides is 3. The van der Waals surface area contributed by atoms with Crippen molar-refractivity contribution >= 4 is 21.6 Å². The summed E-state index contributed by atoms with van der Waals surface area (Å²) in [4.78, 5) is 13.6. The van der Waals surface area contributed by atoms with Crippen LogP contribution in [0.3, 0.4) is 0 Å². The van der Waals surface area contributed by atoms with Gasteiger partial charge in [-0.2, -0.15) is 13.2 Å². The van der Waals surface area contributed by atoms with Crippen molar-refractivity contribution in [2.24, 2.45) is 5.92 Å². The van der Waals surface area contributed by atoms with E-state index in [1.807, 2.05) is 0 Å². The molecule has 6 nitrogen and oxygen atoms in total. The van der Waals surface area contributed by atoms with Gasteiger partial charge in [-0.3, -0.25) is 4.79 Å². The number of halogens is 3. The highest BCUT2D eigenvalue weighted by Crippen LogP contribution is 2.38. The summed E-state index contributed by atoms with van der Waals surface area (Å²) in [6.07, 6.45) is -4.72. The Kier molecular flexibility index (Phi) is 5.33. The molecule has 1 aromatic rings. The van der Waals surface area contributed by atoms with E-state index >= 15 is 0 Å². The van der Waals surface area contributed by atoms with E-state index in [0.29, 0.717) is 5.69 Å². The van der Waals surface area contributed by atoms with Crippen molar-refractivity contribution in [2.45, 2.75) is 11.4 Å². The Morgan fingerprint density at radius 3 is 2.36 bits per heavy atom. The summed E-state index contributed by atoms with van der Waals surface area (Å²) in [6.45, 7) is -1.18. The van der Waals surface area contributed by atoms with Gasteiger partial charge in [-0.15, -0.1) is 0 Å². The van der Waals surface area contributed by atoms with Crippen molar-refractivity contribution in [3.63, 3.8) is 0 Å². The van der Waals surface area contributed by atoms with Gasteiger partial charge in [0, 0.05) is 39.9 Å². The molecule has 0 aromatic heterocycles. The maximum Gasteiger partial charge on any atom is 0.394 e. The molecule has 1 heterocycles. The van der Waals surface area contributed by atoms with Gasteiger partial charge in [0.25, 0.3) is 5.91 Å². The quantitative estimate of drug-likeness (QED) is 0.863. The van der Waals surface area contributed by atoms with Crippen LogP contribution in [0.1, 0.15) is 10.4 Å². The third-order valence-corrected chi connectivity index (χ3v) is 6.55. The molecule has 25 heavy (non-hydrogen) atoms. The van der Waals surface area contributed by atoms with Gasteiger partial charge in [0.15, 0.2) is 0 Å². The number of likely N-dealkylation sites (tertiary alicyclic amines) is 1. The normalized spacial score (nSPS) is 21.6. The first-order chi connectivity index (χ1) is 11.5. The van der Waals surface area contributed by atoms with E-state index < -0.39 is 46.4 Å². The Bertz CT molecular complexity index is 750. The van der Waals surface area contributed by atoms with Gasteiger partial charge in [-0.25, -0.2) is 12.7 Å². The molecule has 1 aliphatic heterocycles. The summed E-state index contributed by atoms with van der Waals surface area (Å²) in [6, 6.07) is 6.40. The van der Waals surface area contributed by atoms with Crippen LogP contribution >= 0.6 is 0 Å². The molecule has 140 valence electrons. The molecule has 2 atom stereocenters. The fraction of sp³-hybridized carbons (Fsp3) is 0.533. The highest BCUT2D eigenvalue weighted by Gasteiger charge is 2.56. The minimum absolute atomic E-state index is 0.203. The van der Waals surface area contributed by atoms with E-state index in [4.69, 9.17) is 0 Å². The van der Waals surface area contributed by atoms with Crippen LogP contribution in [0.4, 0.5) is 18.9 Å². The molecule has 0 bridgehead atoms. The molecule has 1 aromatic carbocycles. The number of amides is 1. The number of carbonyl (C=O) groups excluding carboxylic acids is 1. The van der Waals surface area contributed by atoms with E-state index in [1.165, 1.54) is 20.2 Å². The van der Waals surface area contributed by atoms with Gasteiger partial charge < -0.3 is 10.2 Å². The van der Waals surface area contributed by atoms with Crippen LogP contribution < -0.4 is 5.32 Å². The highest BCUT2D eigenvalue weighted by atomic mass is 32.2. The van der Waals surface area contributed by atoms with Crippen molar-refractivity contribution < 1.29 is 26.4 Å². The van der Waals surface area contributed by atoms with E-state index in [-0.39, 0.29) is 5.56 Å². The van der Waals surface area contributed by atoms with Crippen LogP contribution in [-0.4, -0.2) is 69.2 Å². The fourth-order valence-electron chi connectivity index (χ4n) is 2.88. The lowest BCUT2D eigenvalue weighted by Crippen LogP contribution is -2.43. The van der Waals surface area contributed by atoms with Gasteiger partial charge in [-0.05, 0) is 12.1 Å². The minimum Gasteiger partial charge on any atom is -0.387 e. The third kappa shape index (κ3) is 3.74. The fourth-order valence-corrected chi connectivity index (χ4v) is 4.45. The lowest BCUT2D eigenvalue weighted by atomic mass is 10.1. The van der Waals surface area contributed by atoms with Gasteiger partial charge >= 0.3 is 6.18 Å². The number of para-hydroxylation sites is 1. The van der Waals surface area contributed by atoms with E-state index in [1.54, 1.807) is 25.2 Å². The lowest BCUT2D eigenvalue weighted by Gasteiger charge is -2.23. The van der Waals surface area contributed by atoms with Gasteiger partial charge in [0.05, 0.1) is 11.5 Å². The van der Waals surface area contributed by atoms with Crippen LogP contribution in [0.15, 0.2) is 24.3 Å². The molecule has 2 rings (SSSR count). The van der Waals surface area contributed by atoms with Gasteiger partial charge in [0.1, 0.15) is 5.25 Å². The Morgan fingerprint density at radius 1 is 1.24 bits per heavy atom. The second kappa shape index (κ2) is 6.83. The first-order valence-corrected chi connectivity index (χ1v) is 9.04. The first-order valence-electron chi connectivity index (χ1n) is 7.54. The van der Waals surface area contributed by atoms with Crippen molar-refractivity contribution in [3.8, 4) is 0 Å². The lowest BCUT2D eigenvalue weighted by molar-refractivity contribution is -0.169. The number of hydrogen-bond donors (Lipinski definition) is 1. The van der Waals surface area contributed by atoms with E-state index in [0.717, 1.165) is 9.21 Å². The molecular formula is C15H20F3N3O3S. The number of carbonyl (C=O) groups is 1. The second-order valence-corrected chi connectivity index (χ2v) is 8.39. The highest BCUT2D eigenvalue weighted by molar-refractivity contribution is 7.89. The molecule has 0 radical (unpaired) electrons. The smallest absolute Gasteiger partial charge is 0.387 e. The summed E-state index contributed by atoms with van der Waals surface area (Å²) in [7, 11) is -0.210. The Hall–Kier alpha value is -1.81. The number of anilines is 1. The molecule has 0 spiro atoms. The molecule has 0 aliphatic carbocycles. The number of rotatable bonds is 4. The Balaban J connectivity index is 2.38. The zero-order chi connectivity index (χ0) is 19.0. The number of nitrogens with zero attached hydrogens (tertiary/aromatic N) is 2. The van der Waals surface area contributed by atoms with Crippen LogP contribution in [0, 0.1) is 5.92 Å². The topological polar surface area (TPSA) is 69.7 Å². The molecule has 0 unspecified atom stereocenters. The monoisotopic (exact) mass is 379 g/mol. The predicted octanol–water partition coefficient (Wildman–Crippen LogP) is 1.62. The van der Waals surface area contributed by atoms with Crippen LogP contribution in [0.5, 0.6) is 0 Å². The van der Waals surface area contributed by atoms with Crippen LogP contribution in [-0.2, 0) is 10.0 Å². The van der Waals surface area contributed by atoms with Gasteiger partial charge in [-0.1, -0.05) is 12.1 Å². The third-order valence-electron chi connectivity index (χ3n) is 4.29. The molecule has 0 saturated carbocycles. The maximum atomic E-state index is 13.4. The van der Waals surface area contributed by atoms with E-state index in [9.17, 15) is 26.4 Å². The standard InChI is InChI=1S/C15H20F3N3O3S/c1-19-12-7-5-4-6-10(12)14(22)21-8-11(15(16,17)18)13(9-21)25(23,24)20(2)3/h4-7,11,13,19H,8-9H2,1-3H3/t11-,13-/m0/s1. The average molecular weight is 379 g/mol. The molecule has 1 saturated heterocycles. The molecule has 1 amide bonds. The Labute approximate surface area is 144 Å². The van der Waals surface area contributed by atoms with Crippen LogP contribution in [0.2, 0.25) is 0 Å². The summed E-state index contributed by atoms with van der Waals surface area (Å²) in [5.74, 6) is -2.75. The molecule has 10 heteroatoms. The second-order valence-electron chi connectivity index (χ2n) is 6.02. The zero-order valence-electron chi connectivity index (χ0n) is 14.0. The summed E-state index contributed by atoms with van der Waals surface area (Å²) >= 11 is 0. The largest absolute Gasteiger partial charge is 0.394 e. The Morgan fingerprint density at radius 2 is 1.84 bits per heavy atom. The number of sulfonamides is 1. The SMILES string of the molecule is CNc1ccccc1C(=O)N1C[C@H](C(F)(F)F)[C@@H](S(=O)(=O)N(C)C)C1. The van der Waals surface area contributed by atoms with Crippen molar-refractivity contribution in [2.75, 3.05) is 39.5 Å². The molecule has 1 N–H and O–H groups in total. The first kappa shape index (κ1) is 19.5. The molecule has 1 aliphatic rings.